The number of nitrogens with one attached hydrogen (secondary N) is 1. The van der Waals surface area contributed by atoms with Crippen molar-refractivity contribution in [3.05, 3.63) is 27.7 Å². The standard InChI is InChI=1S/C18H23N3O5/c1-2-5-11-15(12-6-3-4-7-18(12)24-8-9-25-18)21-26-16(11)17-19-13(22)10-14(23)20-17/h10,12H,2-9H2,1H3,(H2,19,20,22,23)/t12-/m1/s1. The fraction of sp³-hybridized carbons (Fsp3) is 0.611. The lowest BCUT2D eigenvalue weighted by Gasteiger charge is -2.38. The Morgan fingerprint density at radius 1 is 1.35 bits per heavy atom. The topological polar surface area (TPSA) is 110 Å². The maximum atomic E-state index is 11.7. The number of aromatic hydroxyl groups is 1. The SMILES string of the molecule is CCCc1c([C@H]2CCCCC23OCCO3)noc1-c1nc(O)cc(=O)[nH]1. The summed E-state index contributed by atoms with van der Waals surface area (Å²) in [7, 11) is 0. The summed E-state index contributed by atoms with van der Waals surface area (Å²) < 4.78 is 17.6. The van der Waals surface area contributed by atoms with Gasteiger partial charge in [0.05, 0.1) is 30.9 Å². The lowest BCUT2D eigenvalue weighted by Crippen LogP contribution is -2.40. The molecule has 2 N–H and O–H groups in total. The van der Waals surface area contributed by atoms with Gasteiger partial charge >= 0.3 is 0 Å². The lowest BCUT2D eigenvalue weighted by atomic mass is 9.79. The van der Waals surface area contributed by atoms with Gasteiger partial charge < -0.3 is 24.1 Å². The zero-order valence-corrected chi connectivity index (χ0v) is 14.8. The van der Waals surface area contributed by atoms with E-state index >= 15 is 0 Å². The van der Waals surface area contributed by atoms with Crippen LogP contribution in [0.2, 0.25) is 0 Å². The Morgan fingerprint density at radius 3 is 2.88 bits per heavy atom. The summed E-state index contributed by atoms with van der Waals surface area (Å²) in [5.74, 6) is -0.402. The summed E-state index contributed by atoms with van der Waals surface area (Å²) in [5.41, 5.74) is 1.27. The minimum atomic E-state index is -0.630. The van der Waals surface area contributed by atoms with Crippen LogP contribution >= 0.6 is 0 Å². The summed E-state index contributed by atoms with van der Waals surface area (Å²) in [6.07, 6.45) is 5.49. The Morgan fingerprint density at radius 2 is 2.15 bits per heavy atom. The molecule has 0 aromatic carbocycles. The number of hydrogen-bond acceptors (Lipinski definition) is 7. The molecule has 140 valence electrons. The summed E-state index contributed by atoms with van der Waals surface area (Å²) in [6, 6.07) is 1.02. The number of hydrogen-bond donors (Lipinski definition) is 2. The quantitative estimate of drug-likeness (QED) is 0.860. The minimum absolute atomic E-state index is 0.0122. The van der Waals surface area contributed by atoms with Crippen LogP contribution in [0.15, 0.2) is 15.4 Å². The molecule has 8 nitrogen and oxygen atoms in total. The van der Waals surface area contributed by atoms with Crippen molar-refractivity contribution in [2.24, 2.45) is 0 Å². The molecule has 1 saturated heterocycles. The van der Waals surface area contributed by atoms with Gasteiger partial charge in [-0.15, -0.1) is 0 Å². The van der Waals surface area contributed by atoms with Gasteiger partial charge in [-0.05, 0) is 19.3 Å². The van der Waals surface area contributed by atoms with Crippen molar-refractivity contribution in [1.82, 2.24) is 15.1 Å². The van der Waals surface area contributed by atoms with Crippen molar-refractivity contribution in [3.8, 4) is 17.5 Å². The molecular formula is C18H23N3O5. The van der Waals surface area contributed by atoms with E-state index < -0.39 is 11.3 Å². The zero-order valence-electron chi connectivity index (χ0n) is 14.8. The number of ether oxygens (including phenoxy) is 2. The maximum Gasteiger partial charge on any atom is 0.255 e. The number of aromatic amines is 1. The second-order valence-electron chi connectivity index (χ2n) is 6.88. The van der Waals surface area contributed by atoms with E-state index in [1.807, 2.05) is 0 Å². The number of aromatic nitrogens is 3. The van der Waals surface area contributed by atoms with Crippen molar-refractivity contribution in [1.29, 1.82) is 0 Å². The van der Waals surface area contributed by atoms with Gasteiger partial charge in [0, 0.05) is 12.0 Å². The molecule has 26 heavy (non-hydrogen) atoms. The third-order valence-corrected chi connectivity index (χ3v) is 5.17. The van der Waals surface area contributed by atoms with Crippen LogP contribution in [0.4, 0.5) is 0 Å². The van der Waals surface area contributed by atoms with E-state index in [0.29, 0.717) is 19.0 Å². The Labute approximate surface area is 150 Å². The minimum Gasteiger partial charge on any atom is -0.493 e. The Hall–Kier alpha value is -2.19. The highest BCUT2D eigenvalue weighted by molar-refractivity contribution is 5.55. The molecule has 0 bridgehead atoms. The van der Waals surface area contributed by atoms with Crippen LogP contribution < -0.4 is 5.56 Å². The first-order valence-electron chi connectivity index (χ1n) is 9.20. The van der Waals surface area contributed by atoms with Crippen molar-refractivity contribution < 1.29 is 19.1 Å². The third-order valence-electron chi connectivity index (χ3n) is 5.17. The fourth-order valence-corrected chi connectivity index (χ4v) is 4.10. The van der Waals surface area contributed by atoms with Crippen LogP contribution in [0.3, 0.4) is 0 Å². The lowest BCUT2D eigenvalue weighted by molar-refractivity contribution is -0.192. The highest BCUT2D eigenvalue weighted by Crippen LogP contribution is 2.47. The Balaban J connectivity index is 1.79. The van der Waals surface area contributed by atoms with Gasteiger partial charge in [0.25, 0.3) is 5.56 Å². The first-order chi connectivity index (χ1) is 12.6. The average Bonchev–Trinajstić information content (AvgIpc) is 3.23. The molecule has 1 spiro atoms. The van der Waals surface area contributed by atoms with E-state index in [0.717, 1.165) is 55.8 Å². The number of nitrogens with zero attached hydrogens (tertiary/aromatic N) is 2. The van der Waals surface area contributed by atoms with Gasteiger partial charge in [-0.25, -0.2) is 0 Å². The fourth-order valence-electron chi connectivity index (χ4n) is 4.10. The molecule has 0 radical (unpaired) electrons. The second kappa shape index (κ2) is 6.85. The number of rotatable bonds is 4. The summed E-state index contributed by atoms with van der Waals surface area (Å²) in [4.78, 5) is 18.3. The molecule has 0 amide bonds. The van der Waals surface area contributed by atoms with Crippen LogP contribution in [0.25, 0.3) is 11.6 Å². The molecule has 8 heteroatoms. The summed E-state index contributed by atoms with van der Waals surface area (Å²) >= 11 is 0. The molecule has 1 atom stereocenters. The second-order valence-corrected chi connectivity index (χ2v) is 6.88. The highest BCUT2D eigenvalue weighted by Gasteiger charge is 2.49. The predicted octanol–water partition coefficient (Wildman–Crippen LogP) is 2.48. The van der Waals surface area contributed by atoms with Gasteiger partial charge in [0.2, 0.25) is 11.6 Å². The van der Waals surface area contributed by atoms with Crippen LogP contribution in [0.5, 0.6) is 5.88 Å². The molecule has 2 aliphatic rings. The largest absolute Gasteiger partial charge is 0.493 e. The van der Waals surface area contributed by atoms with E-state index in [1.165, 1.54) is 0 Å². The predicted molar refractivity (Wildman–Crippen MR) is 91.9 cm³/mol. The van der Waals surface area contributed by atoms with E-state index in [-0.39, 0.29) is 17.6 Å². The first-order valence-corrected chi connectivity index (χ1v) is 9.20. The van der Waals surface area contributed by atoms with Crippen molar-refractivity contribution in [2.45, 2.75) is 57.2 Å². The van der Waals surface area contributed by atoms with Crippen molar-refractivity contribution in [3.63, 3.8) is 0 Å². The molecule has 2 aromatic heterocycles. The van der Waals surface area contributed by atoms with Crippen LogP contribution in [-0.2, 0) is 15.9 Å². The Bertz CT molecular complexity index is 838. The number of H-pyrrole nitrogens is 1. The summed E-state index contributed by atoms with van der Waals surface area (Å²) in [6.45, 7) is 3.25. The van der Waals surface area contributed by atoms with Gasteiger partial charge in [0.15, 0.2) is 11.6 Å². The molecule has 0 unspecified atom stereocenters. The van der Waals surface area contributed by atoms with Gasteiger partial charge in [-0.1, -0.05) is 24.9 Å². The molecule has 2 fully saturated rings. The highest BCUT2D eigenvalue weighted by atomic mass is 16.7. The molecule has 1 saturated carbocycles. The molecule has 1 aliphatic heterocycles. The van der Waals surface area contributed by atoms with Crippen LogP contribution in [-0.4, -0.2) is 39.2 Å². The Kier molecular flexibility index (Phi) is 4.54. The normalized spacial score (nSPS) is 22.1. The van der Waals surface area contributed by atoms with Crippen molar-refractivity contribution in [2.75, 3.05) is 13.2 Å². The van der Waals surface area contributed by atoms with Gasteiger partial charge in [-0.2, -0.15) is 4.98 Å². The van der Waals surface area contributed by atoms with Crippen LogP contribution in [0.1, 0.15) is 56.2 Å². The van der Waals surface area contributed by atoms with E-state index in [9.17, 15) is 9.90 Å². The van der Waals surface area contributed by atoms with Crippen LogP contribution in [0, 0.1) is 0 Å². The molecule has 2 aromatic rings. The monoisotopic (exact) mass is 361 g/mol. The molecule has 1 aliphatic carbocycles. The van der Waals surface area contributed by atoms with E-state index in [2.05, 4.69) is 22.0 Å². The van der Waals surface area contributed by atoms with Gasteiger partial charge in [-0.3, -0.25) is 4.79 Å². The first kappa shape index (κ1) is 17.2. The molecule has 3 heterocycles. The average molecular weight is 361 g/mol. The zero-order chi connectivity index (χ0) is 18.1. The smallest absolute Gasteiger partial charge is 0.255 e. The molecule has 4 rings (SSSR count). The summed E-state index contributed by atoms with van der Waals surface area (Å²) in [5, 5.41) is 14.0. The maximum absolute atomic E-state index is 11.7. The van der Waals surface area contributed by atoms with E-state index in [4.69, 9.17) is 14.0 Å². The third kappa shape index (κ3) is 2.93. The van der Waals surface area contributed by atoms with Crippen molar-refractivity contribution >= 4 is 0 Å². The van der Waals surface area contributed by atoms with Gasteiger partial charge in [0.1, 0.15) is 0 Å². The van der Waals surface area contributed by atoms with E-state index in [1.54, 1.807) is 0 Å². The molecular weight excluding hydrogens is 338 g/mol.